The number of aliphatic hydroxyl groups is 1. The second-order valence-corrected chi connectivity index (χ2v) is 7.51. The molecule has 0 bridgehead atoms. The highest BCUT2D eigenvalue weighted by atomic mass is 16.3. The molecule has 0 unspecified atom stereocenters. The zero-order valence-corrected chi connectivity index (χ0v) is 16.1. The van der Waals surface area contributed by atoms with Crippen LogP contribution in [0.3, 0.4) is 0 Å². The van der Waals surface area contributed by atoms with Gasteiger partial charge in [-0.05, 0) is 49.4 Å². The van der Waals surface area contributed by atoms with Crippen molar-refractivity contribution in [1.82, 2.24) is 5.32 Å². The van der Waals surface area contributed by atoms with E-state index in [9.17, 15) is 15.2 Å². The van der Waals surface area contributed by atoms with Crippen molar-refractivity contribution in [1.29, 1.82) is 5.26 Å². The standard InChI is InChI=1S/C21H26N4O2/c1-12(11-26)23-14(3)24-20-13(2)21(17-6-7-17)25(15(4)27)19-8-5-16(10-22)9-18(19)20/h5,8-9,13,17,20-21,26H,1,6-7,11H2,2-4H3,(H,23,24)/t13-,20-,21-/m1/s1. The molecule has 1 heterocycles. The lowest BCUT2D eigenvalue weighted by Crippen LogP contribution is -2.53. The number of aliphatic hydroxyl groups excluding tert-OH is 1. The average molecular weight is 366 g/mol. The number of aliphatic imine (C=N–C) groups is 1. The van der Waals surface area contributed by atoms with Gasteiger partial charge in [0.1, 0.15) is 0 Å². The number of carbonyl (C=O) groups excluding carboxylic acids is 1. The van der Waals surface area contributed by atoms with E-state index in [1.807, 2.05) is 24.0 Å². The summed E-state index contributed by atoms with van der Waals surface area (Å²) in [4.78, 5) is 18.7. The first-order chi connectivity index (χ1) is 12.9. The molecule has 0 spiro atoms. The molecule has 3 rings (SSSR count). The van der Waals surface area contributed by atoms with E-state index < -0.39 is 0 Å². The number of rotatable bonds is 4. The Balaban J connectivity index is 2.07. The molecule has 0 saturated heterocycles. The number of nitriles is 1. The fourth-order valence-corrected chi connectivity index (χ4v) is 4.17. The molecule has 1 aromatic rings. The van der Waals surface area contributed by atoms with E-state index in [4.69, 9.17) is 0 Å². The number of fused-ring (bicyclic) bond motifs is 1. The molecule has 2 N–H and O–H groups in total. The van der Waals surface area contributed by atoms with Crippen molar-refractivity contribution >= 4 is 17.4 Å². The summed E-state index contributed by atoms with van der Waals surface area (Å²) in [6.07, 6.45) is 2.26. The first kappa shape index (κ1) is 19.1. The maximum atomic E-state index is 12.5. The second kappa shape index (κ2) is 7.53. The largest absolute Gasteiger partial charge is 0.390 e. The molecule has 1 aliphatic carbocycles. The Morgan fingerprint density at radius 1 is 1.44 bits per heavy atom. The average Bonchev–Trinajstić information content (AvgIpc) is 3.47. The molecule has 6 heteroatoms. The van der Waals surface area contributed by atoms with Crippen molar-refractivity contribution in [3.63, 3.8) is 0 Å². The molecule has 0 radical (unpaired) electrons. The Morgan fingerprint density at radius 2 is 2.15 bits per heavy atom. The van der Waals surface area contributed by atoms with Gasteiger partial charge in [-0.2, -0.15) is 5.26 Å². The number of hydrogen-bond acceptors (Lipinski definition) is 4. The van der Waals surface area contributed by atoms with E-state index in [0.717, 1.165) is 24.1 Å². The van der Waals surface area contributed by atoms with Gasteiger partial charge < -0.3 is 15.3 Å². The number of benzene rings is 1. The monoisotopic (exact) mass is 366 g/mol. The SMILES string of the molecule is C=C(CO)/N=C(\C)N[C@H]1c2cc(C#N)ccc2N(C(C)=O)[C@@H](C2CC2)[C@@H]1C. The second-order valence-electron chi connectivity index (χ2n) is 7.51. The third-order valence-electron chi connectivity index (χ3n) is 5.43. The van der Waals surface area contributed by atoms with Crippen molar-refractivity contribution in [2.75, 3.05) is 11.5 Å². The number of amidine groups is 1. The first-order valence-corrected chi connectivity index (χ1v) is 9.31. The van der Waals surface area contributed by atoms with E-state index in [1.165, 1.54) is 0 Å². The third kappa shape index (κ3) is 3.74. The van der Waals surface area contributed by atoms with Gasteiger partial charge in [-0.1, -0.05) is 13.5 Å². The summed E-state index contributed by atoms with van der Waals surface area (Å²) in [5.41, 5.74) is 2.75. The van der Waals surface area contributed by atoms with E-state index in [0.29, 0.717) is 23.0 Å². The molecule has 6 nitrogen and oxygen atoms in total. The van der Waals surface area contributed by atoms with Gasteiger partial charge in [-0.15, -0.1) is 0 Å². The van der Waals surface area contributed by atoms with Gasteiger partial charge in [-0.3, -0.25) is 4.79 Å². The van der Waals surface area contributed by atoms with Crippen LogP contribution >= 0.6 is 0 Å². The highest BCUT2D eigenvalue weighted by molar-refractivity contribution is 5.94. The van der Waals surface area contributed by atoms with Crippen LogP contribution in [0, 0.1) is 23.2 Å². The highest BCUT2D eigenvalue weighted by Gasteiger charge is 2.47. The van der Waals surface area contributed by atoms with Crippen molar-refractivity contribution in [3.05, 3.63) is 41.6 Å². The summed E-state index contributed by atoms with van der Waals surface area (Å²) in [7, 11) is 0. The van der Waals surface area contributed by atoms with Crippen LogP contribution in [-0.4, -0.2) is 29.5 Å². The molecule has 27 heavy (non-hydrogen) atoms. The summed E-state index contributed by atoms with van der Waals surface area (Å²) in [6.45, 7) is 9.11. The van der Waals surface area contributed by atoms with Gasteiger partial charge in [0, 0.05) is 24.6 Å². The normalized spacial score (nSPS) is 24.8. The Bertz CT molecular complexity index is 835. The molecule has 142 valence electrons. The summed E-state index contributed by atoms with van der Waals surface area (Å²) >= 11 is 0. The van der Waals surface area contributed by atoms with Gasteiger partial charge in [0.25, 0.3) is 0 Å². The number of carbonyl (C=O) groups is 1. The lowest BCUT2D eigenvalue weighted by Gasteiger charge is -2.46. The Labute approximate surface area is 160 Å². The molecule has 1 fully saturated rings. The highest BCUT2D eigenvalue weighted by Crippen LogP contribution is 2.49. The molecular formula is C21H26N4O2. The van der Waals surface area contributed by atoms with Crippen LogP contribution in [-0.2, 0) is 4.79 Å². The minimum Gasteiger partial charge on any atom is -0.390 e. The lowest BCUT2D eigenvalue weighted by molar-refractivity contribution is -0.117. The van der Waals surface area contributed by atoms with E-state index in [1.54, 1.807) is 13.0 Å². The van der Waals surface area contributed by atoms with E-state index in [-0.39, 0.29) is 30.5 Å². The first-order valence-electron chi connectivity index (χ1n) is 9.31. The zero-order valence-electron chi connectivity index (χ0n) is 16.1. The third-order valence-corrected chi connectivity index (χ3v) is 5.43. The number of hydrogen-bond donors (Lipinski definition) is 2. The molecule has 0 aromatic heterocycles. The van der Waals surface area contributed by atoms with Crippen molar-refractivity contribution in [2.24, 2.45) is 16.8 Å². The van der Waals surface area contributed by atoms with Crippen LogP contribution in [0.15, 0.2) is 35.5 Å². The van der Waals surface area contributed by atoms with Crippen molar-refractivity contribution in [3.8, 4) is 6.07 Å². The topological polar surface area (TPSA) is 88.7 Å². The van der Waals surface area contributed by atoms with Gasteiger partial charge in [-0.25, -0.2) is 4.99 Å². The predicted octanol–water partition coefficient (Wildman–Crippen LogP) is 2.89. The van der Waals surface area contributed by atoms with E-state index >= 15 is 0 Å². The minimum absolute atomic E-state index is 0.0298. The summed E-state index contributed by atoms with van der Waals surface area (Å²) in [6, 6.07) is 7.73. The summed E-state index contributed by atoms with van der Waals surface area (Å²) in [5, 5.41) is 22.0. The number of nitrogens with one attached hydrogen (secondary N) is 1. The fraction of sp³-hybridized carbons (Fsp3) is 0.476. The molecule has 1 amide bonds. The lowest BCUT2D eigenvalue weighted by atomic mass is 9.79. The summed E-state index contributed by atoms with van der Waals surface area (Å²) < 4.78 is 0. The van der Waals surface area contributed by atoms with Crippen LogP contribution in [0.1, 0.15) is 50.8 Å². The minimum atomic E-state index is -0.197. The quantitative estimate of drug-likeness (QED) is 0.633. The zero-order chi connectivity index (χ0) is 19.7. The maximum absolute atomic E-state index is 12.5. The summed E-state index contributed by atoms with van der Waals surface area (Å²) in [5.74, 6) is 1.34. The number of amides is 1. The van der Waals surface area contributed by atoms with Gasteiger partial charge >= 0.3 is 0 Å². The molecule has 1 aromatic carbocycles. The van der Waals surface area contributed by atoms with Gasteiger partial charge in [0.05, 0.1) is 35.8 Å². The van der Waals surface area contributed by atoms with Crippen LogP contribution in [0.4, 0.5) is 5.69 Å². The molecule has 2 aliphatic rings. The van der Waals surface area contributed by atoms with Crippen LogP contribution in [0.2, 0.25) is 0 Å². The molecule has 3 atom stereocenters. The Kier molecular flexibility index (Phi) is 5.33. The Hall–Kier alpha value is -2.65. The van der Waals surface area contributed by atoms with Crippen molar-refractivity contribution in [2.45, 2.75) is 45.7 Å². The van der Waals surface area contributed by atoms with Crippen LogP contribution in [0.5, 0.6) is 0 Å². The van der Waals surface area contributed by atoms with E-state index in [2.05, 4.69) is 29.9 Å². The van der Waals surface area contributed by atoms with Crippen LogP contribution < -0.4 is 10.2 Å². The fourth-order valence-electron chi connectivity index (χ4n) is 4.17. The number of nitrogens with zero attached hydrogens (tertiary/aromatic N) is 3. The predicted molar refractivity (Wildman–Crippen MR) is 105 cm³/mol. The van der Waals surface area contributed by atoms with Gasteiger partial charge in [0.15, 0.2) is 0 Å². The molecule has 1 saturated carbocycles. The molecular weight excluding hydrogens is 340 g/mol. The molecule has 1 aliphatic heterocycles. The Morgan fingerprint density at radius 3 is 2.70 bits per heavy atom. The van der Waals surface area contributed by atoms with Crippen LogP contribution in [0.25, 0.3) is 0 Å². The van der Waals surface area contributed by atoms with Gasteiger partial charge in [0.2, 0.25) is 5.91 Å². The smallest absolute Gasteiger partial charge is 0.224 e. The number of anilines is 1. The van der Waals surface area contributed by atoms with Crippen molar-refractivity contribution < 1.29 is 9.90 Å². The maximum Gasteiger partial charge on any atom is 0.224 e.